The van der Waals surface area contributed by atoms with Crippen molar-refractivity contribution in [2.75, 3.05) is 10.6 Å². The third-order valence-electron chi connectivity index (χ3n) is 7.50. The molecular weight excluding hydrogens is 624 g/mol. The zero-order valence-corrected chi connectivity index (χ0v) is 27.3. The minimum Gasteiger partial charge on any atom is -0.478 e. The Morgan fingerprint density at radius 2 is 1.35 bits per heavy atom. The number of hydrogen-bond acceptors (Lipinski definition) is 6. The Morgan fingerprint density at radius 3 is 2.02 bits per heavy atom. The first-order valence-electron chi connectivity index (χ1n) is 15.0. The SMILES string of the molecule is Cc1cc(Nc2c(C)cccc2C(=O)O)cnc1-c1ccccc1.Cc1ccc(Nc2ccc(-c3ccccc3Cl)nc2)c(C(=O)O)c1. The Hall–Kier alpha value is -5.99. The fourth-order valence-corrected chi connectivity index (χ4v) is 5.33. The summed E-state index contributed by atoms with van der Waals surface area (Å²) in [5.74, 6) is -1.92. The van der Waals surface area contributed by atoms with Gasteiger partial charge in [-0.3, -0.25) is 9.97 Å². The lowest BCUT2D eigenvalue weighted by molar-refractivity contribution is 0.0687. The normalized spacial score (nSPS) is 10.4. The van der Waals surface area contributed by atoms with Crippen LogP contribution in [0.25, 0.3) is 22.5 Å². The van der Waals surface area contributed by atoms with Gasteiger partial charge in [0.2, 0.25) is 0 Å². The third-order valence-corrected chi connectivity index (χ3v) is 7.83. The van der Waals surface area contributed by atoms with Crippen LogP contribution in [0.2, 0.25) is 5.02 Å². The van der Waals surface area contributed by atoms with Crippen LogP contribution in [0.3, 0.4) is 0 Å². The first kappa shape index (κ1) is 33.4. The second kappa shape index (κ2) is 15.1. The smallest absolute Gasteiger partial charge is 0.337 e. The van der Waals surface area contributed by atoms with Gasteiger partial charge in [-0.2, -0.15) is 0 Å². The Bertz CT molecular complexity index is 2080. The van der Waals surface area contributed by atoms with E-state index in [1.165, 1.54) is 0 Å². The van der Waals surface area contributed by atoms with Crippen LogP contribution < -0.4 is 10.6 Å². The summed E-state index contributed by atoms with van der Waals surface area (Å²) in [6.07, 6.45) is 3.39. The molecule has 6 rings (SSSR count). The molecule has 0 spiro atoms. The van der Waals surface area contributed by atoms with Crippen molar-refractivity contribution in [2.45, 2.75) is 20.8 Å². The number of carboxylic acid groups (broad SMARTS) is 2. The van der Waals surface area contributed by atoms with Crippen molar-refractivity contribution in [1.29, 1.82) is 0 Å². The maximum Gasteiger partial charge on any atom is 0.337 e. The van der Waals surface area contributed by atoms with E-state index in [9.17, 15) is 19.8 Å². The standard InChI is InChI=1S/C20H18N2O2.C19H15ClN2O2/c1-13-7-6-10-17(20(23)24)19(13)22-16-11-14(2)18(21-12-16)15-8-4-3-5-9-15;1-12-6-8-18(15(10-12)19(23)24)22-13-7-9-17(21-11-13)14-4-2-3-5-16(14)20/h3-12,22H,1-2H3,(H,23,24);2-11,22H,1H3,(H,23,24). The summed E-state index contributed by atoms with van der Waals surface area (Å²) in [5.41, 5.74) is 9.46. The number of carbonyl (C=O) groups is 2. The zero-order chi connectivity index (χ0) is 34.2. The highest BCUT2D eigenvalue weighted by molar-refractivity contribution is 6.33. The molecule has 0 bridgehead atoms. The van der Waals surface area contributed by atoms with Crippen molar-refractivity contribution in [1.82, 2.24) is 9.97 Å². The van der Waals surface area contributed by atoms with Crippen molar-refractivity contribution in [3.05, 3.63) is 154 Å². The molecule has 6 aromatic rings. The number of nitrogens with zero attached hydrogens (tertiary/aromatic N) is 2. The predicted octanol–water partition coefficient (Wildman–Crippen LogP) is 9.96. The van der Waals surface area contributed by atoms with Crippen molar-refractivity contribution in [3.63, 3.8) is 0 Å². The maximum absolute atomic E-state index is 11.4. The van der Waals surface area contributed by atoms with Crippen LogP contribution in [0.15, 0.2) is 122 Å². The van der Waals surface area contributed by atoms with E-state index in [0.717, 1.165) is 44.9 Å². The van der Waals surface area contributed by atoms with Crippen molar-refractivity contribution in [2.24, 2.45) is 0 Å². The van der Waals surface area contributed by atoms with Gasteiger partial charge >= 0.3 is 11.9 Å². The molecule has 0 radical (unpaired) electrons. The Balaban J connectivity index is 0.000000188. The van der Waals surface area contributed by atoms with Gasteiger partial charge in [-0.15, -0.1) is 0 Å². The molecule has 48 heavy (non-hydrogen) atoms. The van der Waals surface area contributed by atoms with Crippen LogP contribution in [-0.4, -0.2) is 32.1 Å². The lowest BCUT2D eigenvalue weighted by Gasteiger charge is -2.14. The molecule has 0 unspecified atom stereocenters. The molecule has 4 aromatic carbocycles. The number of benzene rings is 4. The highest BCUT2D eigenvalue weighted by Gasteiger charge is 2.14. The molecule has 0 aliphatic heterocycles. The van der Waals surface area contributed by atoms with Gasteiger partial charge in [0.1, 0.15) is 0 Å². The zero-order valence-electron chi connectivity index (χ0n) is 26.5. The molecule has 0 fully saturated rings. The van der Waals surface area contributed by atoms with Gasteiger partial charge < -0.3 is 20.8 Å². The highest BCUT2D eigenvalue weighted by atomic mass is 35.5. The van der Waals surface area contributed by atoms with Crippen LogP contribution in [-0.2, 0) is 0 Å². The number of carboxylic acids is 2. The average Bonchev–Trinajstić information content (AvgIpc) is 3.08. The van der Waals surface area contributed by atoms with E-state index in [1.807, 2.05) is 106 Å². The molecule has 240 valence electrons. The van der Waals surface area contributed by atoms with Gasteiger partial charge in [0, 0.05) is 16.1 Å². The van der Waals surface area contributed by atoms with Crippen LogP contribution in [0.1, 0.15) is 37.4 Å². The van der Waals surface area contributed by atoms with Crippen molar-refractivity contribution < 1.29 is 19.8 Å². The minimum atomic E-state index is -0.971. The number of aromatic nitrogens is 2. The molecule has 0 aliphatic carbocycles. The molecule has 0 atom stereocenters. The molecule has 9 heteroatoms. The lowest BCUT2D eigenvalue weighted by Crippen LogP contribution is -2.05. The molecule has 0 saturated carbocycles. The van der Waals surface area contributed by atoms with E-state index in [4.69, 9.17) is 11.6 Å². The monoisotopic (exact) mass is 656 g/mol. The van der Waals surface area contributed by atoms with Crippen molar-refractivity contribution in [3.8, 4) is 22.5 Å². The summed E-state index contributed by atoms with van der Waals surface area (Å²) in [7, 11) is 0. The van der Waals surface area contributed by atoms with E-state index < -0.39 is 11.9 Å². The van der Waals surface area contributed by atoms with Gasteiger partial charge in [-0.25, -0.2) is 9.59 Å². The topological polar surface area (TPSA) is 124 Å². The third kappa shape index (κ3) is 8.04. The van der Waals surface area contributed by atoms with E-state index in [2.05, 4.69) is 20.6 Å². The molecule has 2 heterocycles. The van der Waals surface area contributed by atoms with Gasteiger partial charge in [-0.05, 0) is 74.4 Å². The summed E-state index contributed by atoms with van der Waals surface area (Å²) in [6, 6.07) is 33.6. The fourth-order valence-electron chi connectivity index (χ4n) is 5.09. The molecule has 0 aliphatic rings. The molecule has 8 nitrogen and oxygen atoms in total. The summed E-state index contributed by atoms with van der Waals surface area (Å²) in [6.45, 7) is 5.74. The summed E-state index contributed by atoms with van der Waals surface area (Å²) in [4.78, 5) is 31.7. The Kier molecular flexibility index (Phi) is 10.5. The second-order valence-electron chi connectivity index (χ2n) is 11.1. The predicted molar refractivity (Wildman–Crippen MR) is 192 cm³/mol. The van der Waals surface area contributed by atoms with E-state index >= 15 is 0 Å². The Labute approximate surface area is 283 Å². The van der Waals surface area contributed by atoms with Crippen LogP contribution in [0, 0.1) is 20.8 Å². The molecule has 0 saturated heterocycles. The van der Waals surface area contributed by atoms with Gasteiger partial charge in [0.15, 0.2) is 0 Å². The minimum absolute atomic E-state index is 0.227. The number of nitrogens with one attached hydrogen (secondary N) is 2. The number of rotatable bonds is 8. The van der Waals surface area contributed by atoms with Gasteiger partial charge in [-0.1, -0.05) is 83.9 Å². The summed E-state index contributed by atoms with van der Waals surface area (Å²) in [5, 5.41) is 25.6. The van der Waals surface area contributed by atoms with E-state index in [1.54, 1.807) is 36.7 Å². The quantitative estimate of drug-likeness (QED) is 0.128. The molecule has 4 N–H and O–H groups in total. The summed E-state index contributed by atoms with van der Waals surface area (Å²) < 4.78 is 0. The number of anilines is 4. The fraction of sp³-hybridized carbons (Fsp3) is 0.0769. The number of para-hydroxylation sites is 1. The van der Waals surface area contributed by atoms with Crippen LogP contribution >= 0.6 is 11.6 Å². The summed E-state index contributed by atoms with van der Waals surface area (Å²) >= 11 is 6.18. The number of hydrogen-bond donors (Lipinski definition) is 4. The first-order chi connectivity index (χ1) is 23.1. The largest absolute Gasteiger partial charge is 0.478 e. The highest BCUT2D eigenvalue weighted by Crippen LogP contribution is 2.29. The number of aromatic carboxylic acids is 2. The Morgan fingerprint density at radius 1 is 0.646 bits per heavy atom. The van der Waals surface area contributed by atoms with Gasteiger partial charge in [0.25, 0.3) is 0 Å². The lowest BCUT2D eigenvalue weighted by atomic mass is 10.1. The number of halogens is 1. The van der Waals surface area contributed by atoms with Crippen molar-refractivity contribution >= 4 is 46.3 Å². The average molecular weight is 657 g/mol. The van der Waals surface area contributed by atoms with Crippen LogP contribution in [0.4, 0.5) is 22.7 Å². The van der Waals surface area contributed by atoms with Crippen LogP contribution in [0.5, 0.6) is 0 Å². The molecule has 0 amide bonds. The van der Waals surface area contributed by atoms with E-state index in [-0.39, 0.29) is 11.1 Å². The molecule has 2 aromatic heterocycles. The first-order valence-corrected chi connectivity index (χ1v) is 15.4. The number of aryl methyl sites for hydroxylation is 3. The van der Waals surface area contributed by atoms with Gasteiger partial charge in [0.05, 0.1) is 57.7 Å². The second-order valence-corrected chi connectivity index (χ2v) is 11.5. The maximum atomic E-state index is 11.4. The molecular formula is C39H33ClN4O4. The van der Waals surface area contributed by atoms with E-state index in [0.29, 0.717) is 22.1 Å². The number of pyridine rings is 2.